The molecule has 1 saturated heterocycles. The summed E-state index contributed by atoms with van der Waals surface area (Å²) in [5.41, 5.74) is 8.29. The second-order valence-corrected chi connectivity index (χ2v) is 6.07. The van der Waals surface area contributed by atoms with E-state index in [9.17, 15) is 0 Å². The molecule has 20 heavy (non-hydrogen) atoms. The Morgan fingerprint density at radius 2 is 2.25 bits per heavy atom. The SMILES string of the molecule is Cl.NCC1CCCN(Cc2cc(Cl)cc3c2OCC3)C1. The molecule has 3 nitrogen and oxygen atoms in total. The molecule has 1 unspecified atom stereocenters. The van der Waals surface area contributed by atoms with Crippen LogP contribution in [0.25, 0.3) is 0 Å². The van der Waals surface area contributed by atoms with Crippen LogP contribution in [0.1, 0.15) is 24.0 Å². The van der Waals surface area contributed by atoms with Crippen molar-refractivity contribution in [2.75, 3.05) is 26.2 Å². The lowest BCUT2D eigenvalue weighted by molar-refractivity contribution is 0.169. The van der Waals surface area contributed by atoms with Crippen molar-refractivity contribution >= 4 is 24.0 Å². The topological polar surface area (TPSA) is 38.5 Å². The van der Waals surface area contributed by atoms with E-state index in [1.807, 2.05) is 6.07 Å². The first-order valence-corrected chi connectivity index (χ1v) is 7.50. The van der Waals surface area contributed by atoms with E-state index in [1.54, 1.807) is 0 Å². The van der Waals surface area contributed by atoms with E-state index in [1.165, 1.54) is 24.0 Å². The van der Waals surface area contributed by atoms with Crippen LogP contribution in [0.15, 0.2) is 12.1 Å². The number of likely N-dealkylation sites (tertiary alicyclic amines) is 1. The zero-order valence-corrected chi connectivity index (χ0v) is 13.2. The quantitative estimate of drug-likeness (QED) is 0.932. The van der Waals surface area contributed by atoms with Gasteiger partial charge in [-0.3, -0.25) is 4.90 Å². The normalized spacial score (nSPS) is 22.0. The smallest absolute Gasteiger partial charge is 0.127 e. The molecule has 2 heterocycles. The summed E-state index contributed by atoms with van der Waals surface area (Å²) in [6, 6.07) is 4.09. The van der Waals surface area contributed by atoms with E-state index >= 15 is 0 Å². The van der Waals surface area contributed by atoms with Crippen molar-refractivity contribution in [3.63, 3.8) is 0 Å². The lowest BCUT2D eigenvalue weighted by Gasteiger charge is -2.32. The van der Waals surface area contributed by atoms with Gasteiger partial charge in [0.2, 0.25) is 0 Å². The number of nitrogens with zero attached hydrogens (tertiary/aromatic N) is 1. The lowest BCUT2D eigenvalue weighted by atomic mass is 9.97. The van der Waals surface area contributed by atoms with Crippen molar-refractivity contribution in [1.82, 2.24) is 4.90 Å². The summed E-state index contributed by atoms with van der Waals surface area (Å²) in [6.45, 7) is 4.75. The second kappa shape index (κ2) is 6.99. The number of hydrogen-bond acceptors (Lipinski definition) is 3. The van der Waals surface area contributed by atoms with Crippen molar-refractivity contribution in [3.05, 3.63) is 28.3 Å². The van der Waals surface area contributed by atoms with Crippen LogP contribution in [0.4, 0.5) is 0 Å². The van der Waals surface area contributed by atoms with E-state index in [-0.39, 0.29) is 12.4 Å². The largest absolute Gasteiger partial charge is 0.493 e. The van der Waals surface area contributed by atoms with Crippen LogP contribution in [0.2, 0.25) is 5.02 Å². The molecular weight excluding hydrogens is 295 g/mol. The van der Waals surface area contributed by atoms with Crippen LogP contribution in [0, 0.1) is 5.92 Å². The lowest BCUT2D eigenvalue weighted by Crippen LogP contribution is -2.37. The Labute approximate surface area is 131 Å². The molecule has 3 rings (SSSR count). The van der Waals surface area contributed by atoms with Crippen molar-refractivity contribution < 1.29 is 4.74 Å². The molecule has 0 radical (unpaired) electrons. The molecule has 1 aromatic rings. The van der Waals surface area contributed by atoms with Gasteiger partial charge in [-0.1, -0.05) is 11.6 Å². The van der Waals surface area contributed by atoms with Gasteiger partial charge >= 0.3 is 0 Å². The molecule has 0 aliphatic carbocycles. The monoisotopic (exact) mass is 316 g/mol. The third-order valence-electron chi connectivity index (χ3n) is 4.16. The first-order valence-electron chi connectivity index (χ1n) is 7.13. The van der Waals surface area contributed by atoms with E-state index in [0.717, 1.165) is 50.0 Å². The molecule has 5 heteroatoms. The standard InChI is InChI=1S/C15H21ClN2O.ClH/c16-14-6-12-3-5-19-15(12)13(7-14)10-18-4-1-2-11(8-17)9-18;/h6-7,11H,1-5,8-10,17H2;1H. The number of benzene rings is 1. The molecule has 112 valence electrons. The highest BCUT2D eigenvalue weighted by molar-refractivity contribution is 6.30. The molecule has 0 saturated carbocycles. The van der Waals surface area contributed by atoms with E-state index in [4.69, 9.17) is 22.1 Å². The highest BCUT2D eigenvalue weighted by atomic mass is 35.5. The fourth-order valence-corrected chi connectivity index (χ4v) is 3.46. The Balaban J connectivity index is 0.00000147. The predicted molar refractivity (Wildman–Crippen MR) is 85.0 cm³/mol. The third kappa shape index (κ3) is 3.40. The summed E-state index contributed by atoms with van der Waals surface area (Å²) in [7, 11) is 0. The van der Waals surface area contributed by atoms with Crippen LogP contribution < -0.4 is 10.5 Å². The zero-order valence-electron chi connectivity index (χ0n) is 11.6. The summed E-state index contributed by atoms with van der Waals surface area (Å²) in [5.74, 6) is 1.71. The van der Waals surface area contributed by atoms with Gasteiger partial charge in [-0.05, 0) is 49.5 Å². The van der Waals surface area contributed by atoms with Gasteiger partial charge in [0.15, 0.2) is 0 Å². The Kier molecular flexibility index (Phi) is 5.56. The van der Waals surface area contributed by atoms with Gasteiger partial charge < -0.3 is 10.5 Å². The van der Waals surface area contributed by atoms with E-state index in [2.05, 4.69) is 11.0 Å². The maximum absolute atomic E-state index is 6.21. The van der Waals surface area contributed by atoms with Gasteiger partial charge in [-0.2, -0.15) is 0 Å². The Morgan fingerprint density at radius 3 is 3.05 bits per heavy atom. The van der Waals surface area contributed by atoms with Crippen LogP contribution in [-0.4, -0.2) is 31.1 Å². The number of hydrogen-bond donors (Lipinski definition) is 1. The highest BCUT2D eigenvalue weighted by Crippen LogP contribution is 2.34. The zero-order chi connectivity index (χ0) is 13.2. The molecule has 0 bridgehead atoms. The van der Waals surface area contributed by atoms with E-state index < -0.39 is 0 Å². The van der Waals surface area contributed by atoms with Gasteiger partial charge in [0, 0.05) is 30.1 Å². The number of fused-ring (bicyclic) bond motifs is 1. The predicted octanol–water partition coefficient (Wildman–Crippen LogP) is 2.87. The second-order valence-electron chi connectivity index (χ2n) is 5.63. The summed E-state index contributed by atoms with van der Waals surface area (Å²) >= 11 is 6.21. The fraction of sp³-hybridized carbons (Fsp3) is 0.600. The molecule has 0 spiro atoms. The van der Waals surface area contributed by atoms with Crippen LogP contribution in [0.3, 0.4) is 0 Å². The number of halogens is 2. The van der Waals surface area contributed by atoms with Crippen LogP contribution in [-0.2, 0) is 13.0 Å². The average molecular weight is 317 g/mol. The van der Waals surface area contributed by atoms with Crippen LogP contribution >= 0.6 is 24.0 Å². The molecule has 1 fully saturated rings. The molecule has 1 atom stereocenters. The first-order chi connectivity index (χ1) is 9.26. The van der Waals surface area contributed by atoms with Crippen LogP contribution in [0.5, 0.6) is 5.75 Å². The molecule has 2 N–H and O–H groups in total. The highest BCUT2D eigenvalue weighted by Gasteiger charge is 2.22. The Hall–Kier alpha value is -0.480. The maximum Gasteiger partial charge on any atom is 0.127 e. The molecule has 1 aromatic carbocycles. The fourth-order valence-electron chi connectivity index (χ4n) is 3.19. The van der Waals surface area contributed by atoms with Gasteiger partial charge in [0.1, 0.15) is 5.75 Å². The number of nitrogens with two attached hydrogens (primary N) is 1. The van der Waals surface area contributed by atoms with Crippen molar-refractivity contribution in [1.29, 1.82) is 0 Å². The number of ether oxygens (including phenoxy) is 1. The van der Waals surface area contributed by atoms with Crippen molar-refractivity contribution in [3.8, 4) is 5.75 Å². The van der Waals surface area contributed by atoms with Gasteiger partial charge in [0.25, 0.3) is 0 Å². The Morgan fingerprint density at radius 1 is 1.40 bits per heavy atom. The maximum atomic E-state index is 6.21. The minimum absolute atomic E-state index is 0. The number of rotatable bonds is 3. The Bertz CT molecular complexity index is 467. The van der Waals surface area contributed by atoms with Gasteiger partial charge in [-0.15, -0.1) is 12.4 Å². The first kappa shape index (κ1) is 15.9. The van der Waals surface area contributed by atoms with Gasteiger partial charge in [0.05, 0.1) is 6.61 Å². The summed E-state index contributed by atoms with van der Waals surface area (Å²) in [4.78, 5) is 2.48. The molecular formula is C15H22Cl2N2O. The molecule has 2 aliphatic rings. The summed E-state index contributed by atoms with van der Waals surface area (Å²) in [5, 5.41) is 0.826. The average Bonchev–Trinajstić information content (AvgIpc) is 2.87. The van der Waals surface area contributed by atoms with Crippen molar-refractivity contribution in [2.24, 2.45) is 11.7 Å². The molecule has 2 aliphatic heterocycles. The molecule has 0 aromatic heterocycles. The number of piperidine rings is 1. The summed E-state index contributed by atoms with van der Waals surface area (Å²) in [6.07, 6.45) is 3.48. The van der Waals surface area contributed by atoms with Gasteiger partial charge in [-0.25, -0.2) is 0 Å². The minimum Gasteiger partial charge on any atom is -0.493 e. The third-order valence-corrected chi connectivity index (χ3v) is 4.37. The summed E-state index contributed by atoms with van der Waals surface area (Å²) < 4.78 is 5.77. The molecule has 0 amide bonds. The van der Waals surface area contributed by atoms with Crippen molar-refractivity contribution in [2.45, 2.75) is 25.8 Å². The van der Waals surface area contributed by atoms with E-state index in [0.29, 0.717) is 5.92 Å². The minimum atomic E-state index is 0.